The molecule has 2 amide bonds. The smallest absolute Gasteiger partial charge is 0.255 e. The second-order valence-corrected chi connectivity index (χ2v) is 9.15. The molecule has 2 aliphatic heterocycles. The van der Waals surface area contributed by atoms with Crippen LogP contribution in [0.2, 0.25) is 0 Å². The first-order valence-corrected chi connectivity index (χ1v) is 11.9. The van der Waals surface area contributed by atoms with Crippen molar-refractivity contribution in [3.05, 3.63) is 59.9 Å². The highest BCUT2D eigenvalue weighted by Crippen LogP contribution is 2.44. The molecule has 0 radical (unpaired) electrons. The topological polar surface area (TPSA) is 52.7 Å². The minimum atomic E-state index is -0.772. The van der Waals surface area contributed by atoms with Crippen molar-refractivity contribution in [1.29, 1.82) is 0 Å². The van der Waals surface area contributed by atoms with E-state index in [1.54, 1.807) is 17.0 Å². The summed E-state index contributed by atoms with van der Waals surface area (Å²) in [6.07, 6.45) is 8.09. The molecular weight excluding hydrogens is 405 g/mol. The maximum absolute atomic E-state index is 14.2. The Labute approximate surface area is 188 Å². The van der Waals surface area contributed by atoms with Gasteiger partial charge in [0.15, 0.2) is 0 Å². The SMILES string of the molecule is O=C1C(N(C(=O)[C@H]2CCCCN2)c2cccc(F)c2)c2ccccc2N1C1CCCCC1. The average Bonchev–Trinajstić information content (AvgIpc) is 3.12. The lowest BCUT2D eigenvalue weighted by atomic mass is 9.94. The summed E-state index contributed by atoms with van der Waals surface area (Å²) in [5, 5.41) is 3.31. The summed E-state index contributed by atoms with van der Waals surface area (Å²) in [6, 6.07) is 12.8. The van der Waals surface area contributed by atoms with Crippen LogP contribution in [0.4, 0.5) is 15.8 Å². The second-order valence-electron chi connectivity index (χ2n) is 9.15. The Kier molecular flexibility index (Phi) is 5.96. The summed E-state index contributed by atoms with van der Waals surface area (Å²) in [7, 11) is 0. The first-order chi connectivity index (χ1) is 15.6. The van der Waals surface area contributed by atoms with Gasteiger partial charge in [0.25, 0.3) is 5.91 Å². The average molecular weight is 436 g/mol. The van der Waals surface area contributed by atoms with Crippen molar-refractivity contribution in [2.75, 3.05) is 16.3 Å². The molecule has 2 fully saturated rings. The van der Waals surface area contributed by atoms with Gasteiger partial charge in [-0.3, -0.25) is 14.5 Å². The zero-order valence-corrected chi connectivity index (χ0v) is 18.3. The standard InChI is InChI=1S/C26H30FN3O2/c27-18-9-8-12-20(17-18)30(25(31)22-14-6-7-16-28-22)24-21-13-4-5-15-23(21)29(26(24)32)19-10-2-1-3-11-19/h4-5,8-9,12-13,15,17,19,22,24,28H,1-3,6-7,10-11,14,16H2/t22-,24?/m1/s1. The first-order valence-electron chi connectivity index (χ1n) is 11.9. The van der Waals surface area contributed by atoms with Crippen LogP contribution in [-0.2, 0) is 9.59 Å². The molecule has 0 aromatic heterocycles. The number of para-hydroxylation sites is 1. The predicted molar refractivity (Wildman–Crippen MR) is 123 cm³/mol. The molecule has 1 unspecified atom stereocenters. The summed E-state index contributed by atoms with van der Waals surface area (Å²) in [6.45, 7) is 0.775. The van der Waals surface area contributed by atoms with Crippen molar-refractivity contribution in [3.8, 4) is 0 Å². The number of anilines is 2. The molecule has 1 aliphatic carbocycles. The van der Waals surface area contributed by atoms with Gasteiger partial charge in [0.05, 0.1) is 6.04 Å². The number of hydrogen-bond acceptors (Lipinski definition) is 3. The van der Waals surface area contributed by atoms with Crippen LogP contribution in [0.5, 0.6) is 0 Å². The van der Waals surface area contributed by atoms with E-state index >= 15 is 0 Å². The molecule has 1 saturated carbocycles. The number of benzene rings is 2. The highest BCUT2D eigenvalue weighted by Gasteiger charge is 2.46. The number of fused-ring (bicyclic) bond motifs is 1. The van der Waals surface area contributed by atoms with Gasteiger partial charge in [-0.05, 0) is 56.5 Å². The Bertz CT molecular complexity index is 998. The lowest BCUT2D eigenvalue weighted by Crippen LogP contribution is -2.52. The van der Waals surface area contributed by atoms with E-state index in [0.29, 0.717) is 5.69 Å². The van der Waals surface area contributed by atoms with E-state index in [9.17, 15) is 14.0 Å². The molecule has 5 nitrogen and oxygen atoms in total. The number of hydrogen-bond donors (Lipinski definition) is 1. The van der Waals surface area contributed by atoms with Crippen molar-refractivity contribution < 1.29 is 14.0 Å². The Balaban J connectivity index is 1.58. The Morgan fingerprint density at radius 2 is 1.75 bits per heavy atom. The van der Waals surface area contributed by atoms with Crippen LogP contribution < -0.4 is 15.1 Å². The van der Waals surface area contributed by atoms with Gasteiger partial charge in [0.2, 0.25) is 5.91 Å². The van der Waals surface area contributed by atoms with Crippen molar-refractivity contribution in [2.24, 2.45) is 0 Å². The minimum absolute atomic E-state index is 0.0773. The molecule has 1 saturated heterocycles. The molecule has 168 valence electrons. The molecule has 1 N–H and O–H groups in total. The largest absolute Gasteiger partial charge is 0.307 e. The van der Waals surface area contributed by atoms with E-state index in [4.69, 9.17) is 0 Å². The fraction of sp³-hybridized carbons (Fsp3) is 0.462. The van der Waals surface area contributed by atoms with Crippen LogP contribution in [-0.4, -0.2) is 30.4 Å². The third kappa shape index (κ3) is 3.81. The molecule has 2 heterocycles. The second kappa shape index (κ2) is 9.02. The van der Waals surface area contributed by atoms with E-state index in [1.165, 1.54) is 18.6 Å². The predicted octanol–water partition coefficient (Wildman–Crippen LogP) is 4.72. The molecule has 0 spiro atoms. The van der Waals surface area contributed by atoms with Gasteiger partial charge in [0.1, 0.15) is 11.9 Å². The maximum Gasteiger partial charge on any atom is 0.255 e. The molecule has 2 atom stereocenters. The Morgan fingerprint density at radius 1 is 0.969 bits per heavy atom. The number of halogens is 1. The summed E-state index contributed by atoms with van der Waals surface area (Å²) < 4.78 is 14.2. The number of rotatable bonds is 4. The molecule has 2 aromatic carbocycles. The molecule has 0 bridgehead atoms. The number of carbonyl (C=O) groups excluding carboxylic acids is 2. The quantitative estimate of drug-likeness (QED) is 0.756. The fourth-order valence-corrected chi connectivity index (χ4v) is 5.55. The first kappa shape index (κ1) is 21.1. The summed E-state index contributed by atoms with van der Waals surface area (Å²) >= 11 is 0. The molecule has 32 heavy (non-hydrogen) atoms. The van der Waals surface area contributed by atoms with Gasteiger partial charge in [-0.1, -0.05) is 49.9 Å². The molecule has 2 aromatic rings. The van der Waals surface area contributed by atoms with E-state index in [2.05, 4.69) is 5.32 Å². The zero-order chi connectivity index (χ0) is 22.1. The van der Waals surface area contributed by atoms with E-state index in [-0.39, 0.29) is 23.9 Å². The summed E-state index contributed by atoms with van der Waals surface area (Å²) in [4.78, 5) is 31.2. The van der Waals surface area contributed by atoms with Gasteiger partial charge in [0, 0.05) is 23.0 Å². The van der Waals surface area contributed by atoms with Crippen LogP contribution in [0.15, 0.2) is 48.5 Å². The Hall–Kier alpha value is -2.73. The van der Waals surface area contributed by atoms with Crippen LogP contribution in [0.25, 0.3) is 0 Å². The molecule has 5 rings (SSSR count). The monoisotopic (exact) mass is 435 g/mol. The van der Waals surface area contributed by atoms with Crippen LogP contribution >= 0.6 is 0 Å². The van der Waals surface area contributed by atoms with Crippen molar-refractivity contribution >= 4 is 23.2 Å². The maximum atomic E-state index is 14.2. The van der Waals surface area contributed by atoms with E-state index in [1.807, 2.05) is 29.2 Å². The number of nitrogens with one attached hydrogen (secondary N) is 1. The normalized spacial score (nSPS) is 23.8. The molecule has 6 heteroatoms. The van der Waals surface area contributed by atoms with Crippen LogP contribution in [0.1, 0.15) is 63.0 Å². The third-order valence-electron chi connectivity index (χ3n) is 7.09. The van der Waals surface area contributed by atoms with E-state index < -0.39 is 11.9 Å². The summed E-state index contributed by atoms with van der Waals surface area (Å²) in [5.41, 5.74) is 2.15. The number of piperidine rings is 1. The van der Waals surface area contributed by atoms with Crippen molar-refractivity contribution in [2.45, 2.75) is 69.5 Å². The van der Waals surface area contributed by atoms with Crippen LogP contribution in [0.3, 0.4) is 0 Å². The number of amides is 2. The van der Waals surface area contributed by atoms with Crippen LogP contribution in [0, 0.1) is 5.82 Å². The number of nitrogens with zero attached hydrogens (tertiary/aromatic N) is 2. The lowest BCUT2D eigenvalue weighted by molar-refractivity contribution is -0.126. The van der Waals surface area contributed by atoms with E-state index in [0.717, 1.165) is 62.7 Å². The van der Waals surface area contributed by atoms with Crippen molar-refractivity contribution in [3.63, 3.8) is 0 Å². The highest BCUT2D eigenvalue weighted by atomic mass is 19.1. The van der Waals surface area contributed by atoms with Gasteiger partial charge in [-0.2, -0.15) is 0 Å². The minimum Gasteiger partial charge on any atom is -0.307 e. The number of carbonyl (C=O) groups is 2. The molecule has 3 aliphatic rings. The van der Waals surface area contributed by atoms with Gasteiger partial charge in [-0.25, -0.2) is 4.39 Å². The highest BCUT2D eigenvalue weighted by molar-refractivity contribution is 6.12. The zero-order valence-electron chi connectivity index (χ0n) is 18.3. The lowest BCUT2D eigenvalue weighted by Gasteiger charge is -2.35. The van der Waals surface area contributed by atoms with Crippen molar-refractivity contribution in [1.82, 2.24) is 5.32 Å². The third-order valence-corrected chi connectivity index (χ3v) is 7.09. The molecular formula is C26H30FN3O2. The van der Waals surface area contributed by atoms with Gasteiger partial charge < -0.3 is 10.2 Å². The fourth-order valence-electron chi connectivity index (χ4n) is 5.55. The Morgan fingerprint density at radius 3 is 2.50 bits per heavy atom. The summed E-state index contributed by atoms with van der Waals surface area (Å²) in [5.74, 6) is -0.653. The van der Waals surface area contributed by atoms with Gasteiger partial charge in [-0.15, -0.1) is 0 Å². The van der Waals surface area contributed by atoms with Gasteiger partial charge >= 0.3 is 0 Å².